The van der Waals surface area contributed by atoms with Gasteiger partial charge in [-0.05, 0) is 73.5 Å². The lowest BCUT2D eigenvalue weighted by molar-refractivity contribution is -0.114. The Bertz CT molecular complexity index is 1280. The number of aryl methyl sites for hydroxylation is 2. The number of nitrogens with one attached hydrogen (secondary N) is 2. The van der Waals surface area contributed by atoms with E-state index in [1.165, 1.54) is 18.3 Å². The highest BCUT2D eigenvalue weighted by Gasteiger charge is 2.14. The molecule has 33 heavy (non-hydrogen) atoms. The van der Waals surface area contributed by atoms with Crippen molar-refractivity contribution in [2.24, 2.45) is 0 Å². The van der Waals surface area contributed by atoms with Crippen LogP contribution in [0.4, 0.5) is 10.8 Å². The summed E-state index contributed by atoms with van der Waals surface area (Å²) >= 11 is 3.07. The second-order valence-corrected chi connectivity index (χ2v) is 9.47. The van der Waals surface area contributed by atoms with E-state index < -0.39 is 0 Å². The molecule has 2 heterocycles. The molecule has 8 heteroatoms. The van der Waals surface area contributed by atoms with E-state index in [4.69, 9.17) is 0 Å². The van der Waals surface area contributed by atoms with Gasteiger partial charge in [0.25, 0.3) is 5.91 Å². The first kappa shape index (κ1) is 22.7. The number of rotatable bonds is 6. The summed E-state index contributed by atoms with van der Waals surface area (Å²) < 4.78 is 0. The zero-order chi connectivity index (χ0) is 23.4. The van der Waals surface area contributed by atoms with Crippen molar-refractivity contribution in [2.45, 2.75) is 30.6 Å². The van der Waals surface area contributed by atoms with E-state index in [0.717, 1.165) is 37.9 Å². The number of pyridine rings is 1. The summed E-state index contributed by atoms with van der Waals surface area (Å²) in [5, 5.41) is 8.16. The fourth-order valence-corrected chi connectivity index (χ4v) is 5.16. The van der Waals surface area contributed by atoms with Crippen LogP contribution in [-0.4, -0.2) is 21.8 Å². The molecule has 2 N–H and O–H groups in total. The van der Waals surface area contributed by atoms with Gasteiger partial charge >= 0.3 is 0 Å². The first-order valence-electron chi connectivity index (χ1n) is 10.2. The van der Waals surface area contributed by atoms with E-state index in [1.54, 1.807) is 36.3 Å². The predicted molar refractivity (Wildman–Crippen MR) is 134 cm³/mol. The number of hydrogen-bond donors (Lipinski definition) is 2. The number of aromatic nitrogens is 2. The van der Waals surface area contributed by atoms with Crippen LogP contribution in [0.25, 0.3) is 11.3 Å². The highest BCUT2D eigenvalue weighted by Crippen LogP contribution is 2.36. The van der Waals surface area contributed by atoms with E-state index in [0.29, 0.717) is 10.7 Å². The molecule has 2 aromatic heterocycles. The van der Waals surface area contributed by atoms with Crippen molar-refractivity contribution in [3.63, 3.8) is 0 Å². The Kier molecular flexibility index (Phi) is 6.86. The van der Waals surface area contributed by atoms with E-state index >= 15 is 0 Å². The fraction of sp³-hybridized carbons (Fsp3) is 0.120. The summed E-state index contributed by atoms with van der Waals surface area (Å²) in [7, 11) is 0. The van der Waals surface area contributed by atoms with Crippen LogP contribution in [0.2, 0.25) is 0 Å². The van der Waals surface area contributed by atoms with Crippen molar-refractivity contribution < 1.29 is 9.59 Å². The molecular weight excluding hydrogens is 452 g/mol. The third kappa shape index (κ3) is 5.66. The number of hydrogen-bond acceptors (Lipinski definition) is 6. The normalized spacial score (nSPS) is 10.6. The Morgan fingerprint density at radius 2 is 1.58 bits per heavy atom. The Labute approximate surface area is 200 Å². The molecule has 2 aromatic carbocycles. The third-order valence-electron chi connectivity index (χ3n) is 4.84. The molecule has 0 bridgehead atoms. The van der Waals surface area contributed by atoms with Crippen molar-refractivity contribution in [1.82, 2.24) is 9.97 Å². The maximum absolute atomic E-state index is 12.4. The summed E-state index contributed by atoms with van der Waals surface area (Å²) in [6.07, 6.45) is 3.18. The van der Waals surface area contributed by atoms with Gasteiger partial charge in [0.05, 0.1) is 5.69 Å². The minimum absolute atomic E-state index is 0.0839. The van der Waals surface area contributed by atoms with Gasteiger partial charge in [-0.3, -0.25) is 19.9 Å². The zero-order valence-electron chi connectivity index (χ0n) is 18.4. The van der Waals surface area contributed by atoms with Gasteiger partial charge < -0.3 is 5.32 Å². The fourth-order valence-electron chi connectivity index (χ4n) is 3.45. The van der Waals surface area contributed by atoms with Gasteiger partial charge in [0, 0.05) is 51.3 Å². The van der Waals surface area contributed by atoms with Crippen LogP contribution in [0.5, 0.6) is 0 Å². The molecule has 0 radical (unpaired) electrons. The number of carbonyl (C=O) groups excluding carboxylic acids is 2. The second-order valence-electron chi connectivity index (χ2n) is 7.47. The number of thiazole rings is 1. The van der Waals surface area contributed by atoms with Gasteiger partial charge in [-0.2, -0.15) is 0 Å². The standard InChI is InChI=1S/C25H22N4O2S2/c1-15-12-21(33-20-6-4-19(5-7-20)27-17(3)30)13-16(2)23(15)22-14-32-25(28-22)29-24(31)18-8-10-26-11-9-18/h4-14H,1-3H3,(H,27,30)(H,28,29,31). The molecule has 0 spiro atoms. The summed E-state index contributed by atoms with van der Waals surface area (Å²) in [6, 6.07) is 15.4. The smallest absolute Gasteiger partial charge is 0.257 e. The molecule has 0 aliphatic carbocycles. The van der Waals surface area contributed by atoms with E-state index in [1.807, 2.05) is 29.6 Å². The van der Waals surface area contributed by atoms with E-state index in [2.05, 4.69) is 46.6 Å². The summed E-state index contributed by atoms with van der Waals surface area (Å²) in [6.45, 7) is 5.64. The molecule has 0 fully saturated rings. The second kappa shape index (κ2) is 9.97. The van der Waals surface area contributed by atoms with Crippen molar-refractivity contribution in [3.8, 4) is 11.3 Å². The van der Waals surface area contributed by atoms with Gasteiger partial charge in [-0.1, -0.05) is 11.8 Å². The number of nitrogens with zero attached hydrogens (tertiary/aromatic N) is 2. The van der Waals surface area contributed by atoms with E-state index in [9.17, 15) is 9.59 Å². The highest BCUT2D eigenvalue weighted by atomic mass is 32.2. The SMILES string of the molecule is CC(=O)Nc1ccc(Sc2cc(C)c(-c3csc(NC(=O)c4ccncc4)n3)c(C)c2)cc1. The average Bonchev–Trinajstić information content (AvgIpc) is 3.22. The molecular formula is C25H22N4O2S2. The van der Waals surface area contributed by atoms with Crippen LogP contribution < -0.4 is 10.6 Å². The molecule has 0 aliphatic heterocycles. The zero-order valence-corrected chi connectivity index (χ0v) is 20.0. The lowest BCUT2D eigenvalue weighted by Gasteiger charge is -2.11. The van der Waals surface area contributed by atoms with Crippen LogP contribution in [-0.2, 0) is 4.79 Å². The predicted octanol–water partition coefficient (Wildman–Crippen LogP) is 6.18. The summed E-state index contributed by atoms with van der Waals surface area (Å²) in [5.74, 6) is -0.289. The molecule has 4 aromatic rings. The average molecular weight is 475 g/mol. The van der Waals surface area contributed by atoms with Crippen LogP contribution in [0.3, 0.4) is 0 Å². The van der Waals surface area contributed by atoms with Gasteiger partial charge in [-0.15, -0.1) is 11.3 Å². The third-order valence-corrected chi connectivity index (χ3v) is 6.58. The Hall–Kier alpha value is -3.49. The van der Waals surface area contributed by atoms with Crippen LogP contribution in [0.15, 0.2) is 76.1 Å². The Morgan fingerprint density at radius 3 is 2.21 bits per heavy atom. The molecule has 166 valence electrons. The molecule has 0 aliphatic rings. The highest BCUT2D eigenvalue weighted by molar-refractivity contribution is 7.99. The van der Waals surface area contributed by atoms with Crippen LogP contribution in [0.1, 0.15) is 28.4 Å². The van der Waals surface area contributed by atoms with Crippen molar-refractivity contribution >= 4 is 45.7 Å². The molecule has 0 saturated heterocycles. The Balaban J connectivity index is 1.49. The number of amides is 2. The molecule has 2 amide bonds. The summed E-state index contributed by atoms with van der Waals surface area (Å²) in [4.78, 5) is 34.4. The molecule has 6 nitrogen and oxygen atoms in total. The maximum Gasteiger partial charge on any atom is 0.257 e. The van der Waals surface area contributed by atoms with Crippen LogP contribution >= 0.6 is 23.1 Å². The van der Waals surface area contributed by atoms with Gasteiger partial charge in [-0.25, -0.2) is 4.98 Å². The molecule has 0 saturated carbocycles. The molecule has 4 rings (SSSR count). The monoisotopic (exact) mass is 474 g/mol. The minimum atomic E-state index is -0.206. The van der Waals surface area contributed by atoms with Gasteiger partial charge in [0.2, 0.25) is 5.91 Å². The van der Waals surface area contributed by atoms with Crippen molar-refractivity contribution in [1.29, 1.82) is 0 Å². The largest absolute Gasteiger partial charge is 0.326 e. The van der Waals surface area contributed by atoms with Crippen molar-refractivity contribution in [3.05, 3.63) is 83.0 Å². The number of benzene rings is 2. The molecule has 0 atom stereocenters. The van der Waals surface area contributed by atoms with E-state index in [-0.39, 0.29) is 11.8 Å². The Morgan fingerprint density at radius 1 is 0.909 bits per heavy atom. The lowest BCUT2D eigenvalue weighted by atomic mass is 10.0. The van der Waals surface area contributed by atoms with Gasteiger partial charge in [0.15, 0.2) is 5.13 Å². The molecule has 0 unspecified atom stereocenters. The first-order valence-corrected chi connectivity index (χ1v) is 11.9. The van der Waals surface area contributed by atoms with Crippen molar-refractivity contribution in [2.75, 3.05) is 10.6 Å². The summed E-state index contributed by atoms with van der Waals surface area (Å²) in [5.41, 5.74) is 5.47. The lowest BCUT2D eigenvalue weighted by Crippen LogP contribution is -2.11. The topological polar surface area (TPSA) is 84.0 Å². The quantitative estimate of drug-likeness (QED) is 0.348. The number of carbonyl (C=O) groups is 2. The van der Waals surface area contributed by atoms with Gasteiger partial charge in [0.1, 0.15) is 0 Å². The van der Waals surface area contributed by atoms with Crippen LogP contribution in [0, 0.1) is 13.8 Å². The first-order chi connectivity index (χ1) is 15.9. The number of anilines is 2. The minimum Gasteiger partial charge on any atom is -0.326 e. The maximum atomic E-state index is 12.4.